The number of ether oxygens (including phenoxy) is 1. The van der Waals surface area contributed by atoms with Gasteiger partial charge in [-0.15, -0.1) is 0 Å². The van der Waals surface area contributed by atoms with Crippen molar-refractivity contribution in [1.29, 1.82) is 0 Å². The summed E-state index contributed by atoms with van der Waals surface area (Å²) >= 11 is 0. The molecule has 110 valence electrons. The lowest BCUT2D eigenvalue weighted by Gasteiger charge is -2.17. The van der Waals surface area contributed by atoms with Crippen molar-refractivity contribution in [2.45, 2.75) is 31.5 Å². The summed E-state index contributed by atoms with van der Waals surface area (Å²) < 4.78 is 5.30. The zero-order chi connectivity index (χ0) is 14.7. The zero-order valence-corrected chi connectivity index (χ0v) is 11.0. The van der Waals surface area contributed by atoms with Crippen molar-refractivity contribution in [3.05, 3.63) is 24.3 Å². The van der Waals surface area contributed by atoms with E-state index < -0.39 is 24.5 Å². The average molecular weight is 282 g/mol. The van der Waals surface area contributed by atoms with Gasteiger partial charge in [0.15, 0.2) is 6.23 Å². The van der Waals surface area contributed by atoms with E-state index in [9.17, 15) is 15.0 Å². The number of benzene rings is 1. The van der Waals surface area contributed by atoms with Crippen molar-refractivity contribution in [3.63, 3.8) is 0 Å². The minimum absolute atomic E-state index is 0.158. The summed E-state index contributed by atoms with van der Waals surface area (Å²) in [6, 6.07) is 6.82. The normalized spacial score (nSPS) is 29.2. The standard InChI is InChI=1S/C13H18N2O5/c1-7(17)14-8-2-4-9(5-3-8)15-13-12(19)11(18)10(6-16)20-13/h2-5,10-13,15-16,18-19H,6H2,1H3,(H,14,17)/t10-,11-,12-,13-/m1/s1. The lowest BCUT2D eigenvalue weighted by atomic mass is 10.1. The van der Waals surface area contributed by atoms with E-state index in [1.165, 1.54) is 6.92 Å². The van der Waals surface area contributed by atoms with Crippen molar-refractivity contribution in [3.8, 4) is 0 Å². The molecule has 1 aromatic rings. The van der Waals surface area contributed by atoms with Crippen LogP contribution in [0.25, 0.3) is 0 Å². The molecule has 1 amide bonds. The van der Waals surface area contributed by atoms with Gasteiger partial charge >= 0.3 is 0 Å². The molecule has 0 aromatic heterocycles. The Morgan fingerprint density at radius 2 is 1.80 bits per heavy atom. The first kappa shape index (κ1) is 14.7. The molecule has 0 radical (unpaired) electrons. The van der Waals surface area contributed by atoms with Crippen molar-refractivity contribution in [2.24, 2.45) is 0 Å². The van der Waals surface area contributed by atoms with Crippen molar-refractivity contribution < 1.29 is 24.9 Å². The Balaban J connectivity index is 1.98. The molecule has 7 nitrogen and oxygen atoms in total. The van der Waals surface area contributed by atoms with Gasteiger partial charge < -0.3 is 30.7 Å². The molecular formula is C13H18N2O5. The lowest BCUT2D eigenvalue weighted by Crippen LogP contribution is -2.36. The zero-order valence-electron chi connectivity index (χ0n) is 11.0. The van der Waals surface area contributed by atoms with Gasteiger partial charge in [0.05, 0.1) is 6.61 Å². The molecule has 1 heterocycles. The van der Waals surface area contributed by atoms with Gasteiger partial charge in [-0.05, 0) is 24.3 Å². The molecule has 0 bridgehead atoms. The van der Waals surface area contributed by atoms with Gasteiger partial charge in [-0.1, -0.05) is 0 Å². The van der Waals surface area contributed by atoms with Gasteiger partial charge in [-0.2, -0.15) is 0 Å². The van der Waals surface area contributed by atoms with Crippen LogP contribution in [0.15, 0.2) is 24.3 Å². The van der Waals surface area contributed by atoms with Crippen LogP contribution in [-0.2, 0) is 9.53 Å². The van der Waals surface area contributed by atoms with Crippen LogP contribution in [0, 0.1) is 0 Å². The first-order valence-corrected chi connectivity index (χ1v) is 6.28. The molecule has 1 fully saturated rings. The highest BCUT2D eigenvalue weighted by molar-refractivity contribution is 5.88. The Bertz CT molecular complexity index is 464. The first-order valence-electron chi connectivity index (χ1n) is 6.28. The molecule has 1 aromatic carbocycles. The summed E-state index contributed by atoms with van der Waals surface area (Å²) in [7, 11) is 0. The van der Waals surface area contributed by atoms with E-state index in [0.717, 1.165) is 0 Å². The second-order valence-electron chi connectivity index (χ2n) is 4.66. The number of rotatable bonds is 4. The van der Waals surface area contributed by atoms with Crippen LogP contribution in [0.3, 0.4) is 0 Å². The average Bonchev–Trinajstić information content (AvgIpc) is 2.68. The van der Waals surface area contributed by atoms with E-state index in [-0.39, 0.29) is 12.5 Å². The third kappa shape index (κ3) is 3.26. The minimum Gasteiger partial charge on any atom is -0.394 e. The van der Waals surface area contributed by atoms with E-state index in [0.29, 0.717) is 11.4 Å². The molecule has 2 rings (SSSR count). The fourth-order valence-electron chi connectivity index (χ4n) is 2.04. The van der Waals surface area contributed by atoms with Gasteiger partial charge in [-0.3, -0.25) is 4.79 Å². The minimum atomic E-state index is -1.13. The highest BCUT2D eigenvalue weighted by Crippen LogP contribution is 2.23. The van der Waals surface area contributed by atoms with Crippen LogP contribution in [0.1, 0.15) is 6.92 Å². The third-order valence-corrected chi connectivity index (χ3v) is 3.06. The predicted molar refractivity (Wildman–Crippen MR) is 72.1 cm³/mol. The van der Waals surface area contributed by atoms with Crippen LogP contribution < -0.4 is 10.6 Å². The number of nitrogens with one attached hydrogen (secondary N) is 2. The summed E-state index contributed by atoms with van der Waals surface area (Å²) in [5.74, 6) is -0.158. The first-order chi connectivity index (χ1) is 9.51. The maximum atomic E-state index is 10.9. The molecule has 4 atom stereocenters. The number of hydrogen-bond donors (Lipinski definition) is 5. The Morgan fingerprint density at radius 1 is 1.20 bits per heavy atom. The Morgan fingerprint density at radius 3 is 2.30 bits per heavy atom. The molecule has 0 unspecified atom stereocenters. The summed E-state index contributed by atoms with van der Waals surface area (Å²) in [5.41, 5.74) is 1.32. The largest absolute Gasteiger partial charge is 0.394 e. The SMILES string of the molecule is CC(=O)Nc1ccc(N[C@@H]2O[C@H](CO)[C@@H](O)[C@H]2O)cc1. The topological polar surface area (TPSA) is 111 Å². The maximum Gasteiger partial charge on any atom is 0.221 e. The van der Waals surface area contributed by atoms with Gasteiger partial charge in [0.2, 0.25) is 5.91 Å². The number of aliphatic hydroxyl groups is 3. The third-order valence-electron chi connectivity index (χ3n) is 3.06. The smallest absolute Gasteiger partial charge is 0.221 e. The van der Waals surface area contributed by atoms with Crippen molar-refractivity contribution >= 4 is 17.3 Å². The van der Waals surface area contributed by atoms with Crippen LogP contribution in [0.5, 0.6) is 0 Å². The fraction of sp³-hybridized carbons (Fsp3) is 0.462. The van der Waals surface area contributed by atoms with Gasteiger partial charge in [-0.25, -0.2) is 0 Å². The molecule has 1 aliphatic heterocycles. The van der Waals surface area contributed by atoms with Crippen molar-refractivity contribution in [2.75, 3.05) is 17.2 Å². The maximum absolute atomic E-state index is 10.9. The number of carbonyl (C=O) groups is 1. The molecule has 1 saturated heterocycles. The summed E-state index contributed by atoms with van der Waals surface area (Å²) in [4.78, 5) is 10.9. The van der Waals surface area contributed by atoms with E-state index >= 15 is 0 Å². The monoisotopic (exact) mass is 282 g/mol. The number of aliphatic hydroxyl groups excluding tert-OH is 3. The molecule has 1 aliphatic rings. The van der Waals surface area contributed by atoms with Crippen LogP contribution in [-0.4, -0.2) is 52.4 Å². The molecule has 0 aliphatic carbocycles. The Kier molecular flexibility index (Phi) is 4.56. The molecule has 0 saturated carbocycles. The number of hydrogen-bond acceptors (Lipinski definition) is 6. The van der Waals surface area contributed by atoms with Gasteiger partial charge in [0.25, 0.3) is 0 Å². The fourth-order valence-corrected chi connectivity index (χ4v) is 2.04. The Hall–Kier alpha value is -1.67. The summed E-state index contributed by atoms with van der Waals surface area (Å²) in [6.07, 6.45) is -3.85. The predicted octanol–water partition coefficient (Wildman–Crippen LogP) is -0.504. The number of carbonyl (C=O) groups excluding carboxylic acids is 1. The van der Waals surface area contributed by atoms with E-state index in [2.05, 4.69) is 10.6 Å². The summed E-state index contributed by atoms with van der Waals surface area (Å²) in [5, 5.41) is 34.0. The van der Waals surface area contributed by atoms with Crippen LogP contribution >= 0.6 is 0 Å². The van der Waals surface area contributed by atoms with Crippen LogP contribution in [0.2, 0.25) is 0 Å². The van der Waals surface area contributed by atoms with E-state index in [4.69, 9.17) is 9.84 Å². The second kappa shape index (κ2) is 6.19. The summed E-state index contributed by atoms with van der Waals surface area (Å²) in [6.45, 7) is 1.06. The Labute approximate surface area is 116 Å². The lowest BCUT2D eigenvalue weighted by molar-refractivity contribution is -0.114. The molecule has 7 heteroatoms. The highest BCUT2D eigenvalue weighted by atomic mass is 16.6. The quantitative estimate of drug-likeness (QED) is 0.509. The second-order valence-corrected chi connectivity index (χ2v) is 4.66. The molecule has 0 spiro atoms. The molecule has 20 heavy (non-hydrogen) atoms. The number of anilines is 2. The molecule has 5 N–H and O–H groups in total. The highest BCUT2D eigenvalue weighted by Gasteiger charge is 2.42. The van der Waals surface area contributed by atoms with E-state index in [1.807, 2.05) is 0 Å². The van der Waals surface area contributed by atoms with Crippen LogP contribution in [0.4, 0.5) is 11.4 Å². The van der Waals surface area contributed by atoms with E-state index in [1.54, 1.807) is 24.3 Å². The van der Waals surface area contributed by atoms with Gasteiger partial charge in [0, 0.05) is 18.3 Å². The molecular weight excluding hydrogens is 264 g/mol. The van der Waals surface area contributed by atoms with Crippen molar-refractivity contribution in [1.82, 2.24) is 0 Å². The van der Waals surface area contributed by atoms with Gasteiger partial charge in [0.1, 0.15) is 18.3 Å². The number of amides is 1.